The molecular weight excluding hydrogens is 152 g/mol. The van der Waals surface area contributed by atoms with Gasteiger partial charge in [-0.25, -0.2) is 0 Å². The lowest BCUT2D eigenvalue weighted by Gasteiger charge is -2.42. The Kier molecular flexibility index (Phi) is 3.09. The second-order valence-electron chi connectivity index (χ2n) is 4.29. The minimum Gasteiger partial charge on any atom is -0.378 e. The van der Waals surface area contributed by atoms with Gasteiger partial charge in [0.25, 0.3) is 0 Å². The first kappa shape index (κ1) is 9.96. The largest absolute Gasteiger partial charge is 0.378 e. The van der Waals surface area contributed by atoms with E-state index in [0.717, 1.165) is 26.3 Å². The minimum absolute atomic E-state index is 0.159. The molecule has 12 heavy (non-hydrogen) atoms. The molecule has 0 aliphatic carbocycles. The molecule has 0 aromatic rings. The SMILES string of the molecule is C[C@H](N)CN1CCOCC1(C)C. The van der Waals surface area contributed by atoms with Crippen LogP contribution in [0, 0.1) is 0 Å². The van der Waals surface area contributed by atoms with Crippen LogP contribution in [0.5, 0.6) is 0 Å². The van der Waals surface area contributed by atoms with E-state index in [9.17, 15) is 0 Å². The summed E-state index contributed by atoms with van der Waals surface area (Å²) in [6.07, 6.45) is 0. The molecule has 1 heterocycles. The van der Waals surface area contributed by atoms with E-state index in [2.05, 4.69) is 18.7 Å². The van der Waals surface area contributed by atoms with Crippen molar-refractivity contribution in [1.29, 1.82) is 0 Å². The van der Waals surface area contributed by atoms with Crippen LogP contribution in [0.25, 0.3) is 0 Å². The monoisotopic (exact) mass is 172 g/mol. The number of nitrogens with zero attached hydrogens (tertiary/aromatic N) is 1. The summed E-state index contributed by atoms with van der Waals surface area (Å²) in [4.78, 5) is 2.40. The zero-order valence-corrected chi connectivity index (χ0v) is 8.34. The first-order valence-electron chi connectivity index (χ1n) is 4.61. The Bertz CT molecular complexity index is 145. The van der Waals surface area contributed by atoms with E-state index >= 15 is 0 Å². The van der Waals surface area contributed by atoms with Crippen molar-refractivity contribution in [1.82, 2.24) is 4.90 Å². The summed E-state index contributed by atoms with van der Waals surface area (Å²) in [5.41, 5.74) is 5.92. The van der Waals surface area contributed by atoms with Crippen LogP contribution in [-0.4, -0.2) is 42.8 Å². The number of nitrogens with two attached hydrogens (primary N) is 1. The van der Waals surface area contributed by atoms with Gasteiger partial charge in [-0.1, -0.05) is 0 Å². The molecule has 0 aromatic heterocycles. The molecule has 0 spiro atoms. The predicted octanol–water partition coefficient (Wildman–Crippen LogP) is 0.444. The van der Waals surface area contributed by atoms with Gasteiger partial charge in [-0.05, 0) is 20.8 Å². The highest BCUT2D eigenvalue weighted by molar-refractivity contribution is 4.85. The Hall–Kier alpha value is -0.120. The van der Waals surface area contributed by atoms with Crippen molar-refractivity contribution in [2.75, 3.05) is 26.3 Å². The molecule has 0 radical (unpaired) electrons. The number of ether oxygens (including phenoxy) is 1. The Morgan fingerprint density at radius 1 is 1.58 bits per heavy atom. The van der Waals surface area contributed by atoms with E-state index in [1.807, 2.05) is 6.92 Å². The van der Waals surface area contributed by atoms with E-state index in [4.69, 9.17) is 10.5 Å². The number of hydrogen-bond acceptors (Lipinski definition) is 3. The summed E-state index contributed by atoms with van der Waals surface area (Å²) in [5.74, 6) is 0. The Morgan fingerprint density at radius 3 is 2.75 bits per heavy atom. The third kappa shape index (κ3) is 2.44. The highest BCUT2D eigenvalue weighted by atomic mass is 16.5. The van der Waals surface area contributed by atoms with Crippen LogP contribution in [0.3, 0.4) is 0 Å². The Balaban J connectivity index is 2.48. The summed E-state index contributed by atoms with van der Waals surface area (Å²) >= 11 is 0. The fourth-order valence-corrected chi connectivity index (χ4v) is 1.58. The van der Waals surface area contributed by atoms with Crippen LogP contribution in [0.4, 0.5) is 0 Å². The molecule has 0 bridgehead atoms. The first-order valence-corrected chi connectivity index (χ1v) is 4.61. The van der Waals surface area contributed by atoms with Crippen molar-refractivity contribution < 1.29 is 4.74 Å². The zero-order chi connectivity index (χ0) is 9.19. The van der Waals surface area contributed by atoms with Gasteiger partial charge in [0.05, 0.1) is 13.2 Å². The summed E-state index contributed by atoms with van der Waals surface area (Å²) < 4.78 is 5.41. The lowest BCUT2D eigenvalue weighted by atomic mass is 10.0. The molecule has 0 saturated carbocycles. The van der Waals surface area contributed by atoms with Crippen molar-refractivity contribution in [3.63, 3.8) is 0 Å². The van der Waals surface area contributed by atoms with Crippen molar-refractivity contribution in [3.05, 3.63) is 0 Å². The van der Waals surface area contributed by atoms with Gasteiger partial charge in [0.1, 0.15) is 0 Å². The first-order chi connectivity index (χ1) is 5.52. The number of hydrogen-bond donors (Lipinski definition) is 1. The van der Waals surface area contributed by atoms with Gasteiger partial charge in [0.15, 0.2) is 0 Å². The normalized spacial score (nSPS) is 27.0. The topological polar surface area (TPSA) is 38.5 Å². The molecule has 0 aromatic carbocycles. The molecule has 72 valence electrons. The molecule has 3 heteroatoms. The fraction of sp³-hybridized carbons (Fsp3) is 1.00. The summed E-state index contributed by atoms with van der Waals surface area (Å²) in [6, 6.07) is 0.252. The van der Waals surface area contributed by atoms with Crippen LogP contribution >= 0.6 is 0 Å². The maximum absolute atomic E-state index is 5.76. The third-order valence-corrected chi connectivity index (χ3v) is 2.33. The molecule has 1 aliphatic heterocycles. The Labute approximate surface area is 74.9 Å². The van der Waals surface area contributed by atoms with Crippen LogP contribution in [0.15, 0.2) is 0 Å². The molecule has 0 unspecified atom stereocenters. The molecule has 1 fully saturated rings. The van der Waals surface area contributed by atoms with Gasteiger partial charge in [-0.15, -0.1) is 0 Å². The molecular formula is C9H20N2O. The molecule has 2 N–H and O–H groups in total. The maximum Gasteiger partial charge on any atom is 0.0645 e. The van der Waals surface area contributed by atoms with Crippen LogP contribution in [0.1, 0.15) is 20.8 Å². The van der Waals surface area contributed by atoms with Gasteiger partial charge >= 0.3 is 0 Å². The predicted molar refractivity (Wildman–Crippen MR) is 50.1 cm³/mol. The summed E-state index contributed by atoms with van der Waals surface area (Å²) in [5, 5.41) is 0. The van der Waals surface area contributed by atoms with Crippen molar-refractivity contribution in [2.45, 2.75) is 32.4 Å². The molecule has 1 aliphatic rings. The van der Waals surface area contributed by atoms with E-state index in [1.54, 1.807) is 0 Å². The molecule has 1 saturated heterocycles. The zero-order valence-electron chi connectivity index (χ0n) is 8.34. The van der Waals surface area contributed by atoms with Gasteiger partial charge in [0, 0.05) is 24.7 Å². The van der Waals surface area contributed by atoms with Gasteiger partial charge < -0.3 is 10.5 Å². The highest BCUT2D eigenvalue weighted by Crippen LogP contribution is 2.18. The van der Waals surface area contributed by atoms with Crippen molar-refractivity contribution in [2.24, 2.45) is 5.73 Å². The van der Waals surface area contributed by atoms with Crippen LogP contribution in [-0.2, 0) is 4.74 Å². The fourth-order valence-electron chi connectivity index (χ4n) is 1.58. The van der Waals surface area contributed by atoms with Gasteiger partial charge in [0.2, 0.25) is 0 Å². The third-order valence-electron chi connectivity index (χ3n) is 2.33. The molecule has 0 amide bonds. The summed E-state index contributed by atoms with van der Waals surface area (Å²) in [6.45, 7) is 10.1. The molecule has 1 rings (SSSR count). The van der Waals surface area contributed by atoms with E-state index in [-0.39, 0.29) is 11.6 Å². The smallest absolute Gasteiger partial charge is 0.0645 e. The van der Waals surface area contributed by atoms with Gasteiger partial charge in [-0.2, -0.15) is 0 Å². The van der Waals surface area contributed by atoms with Crippen molar-refractivity contribution >= 4 is 0 Å². The van der Waals surface area contributed by atoms with Crippen LogP contribution < -0.4 is 5.73 Å². The van der Waals surface area contributed by atoms with Crippen molar-refractivity contribution in [3.8, 4) is 0 Å². The van der Waals surface area contributed by atoms with E-state index < -0.39 is 0 Å². The van der Waals surface area contributed by atoms with E-state index in [1.165, 1.54) is 0 Å². The van der Waals surface area contributed by atoms with E-state index in [0.29, 0.717) is 0 Å². The standard InChI is InChI=1S/C9H20N2O/c1-8(10)6-11-4-5-12-7-9(11,2)3/h8H,4-7,10H2,1-3H3/t8-/m0/s1. The van der Waals surface area contributed by atoms with Gasteiger partial charge in [-0.3, -0.25) is 4.90 Å². The number of morpholine rings is 1. The van der Waals surface area contributed by atoms with Crippen LogP contribution in [0.2, 0.25) is 0 Å². The maximum atomic E-state index is 5.76. The summed E-state index contributed by atoms with van der Waals surface area (Å²) in [7, 11) is 0. The Morgan fingerprint density at radius 2 is 2.25 bits per heavy atom. The average molecular weight is 172 g/mol. The lowest BCUT2D eigenvalue weighted by molar-refractivity contribution is -0.0523. The lowest BCUT2D eigenvalue weighted by Crippen LogP contribution is -2.55. The highest BCUT2D eigenvalue weighted by Gasteiger charge is 2.30. The molecule has 3 nitrogen and oxygen atoms in total. The molecule has 1 atom stereocenters. The average Bonchev–Trinajstić information content (AvgIpc) is 1.92. The quantitative estimate of drug-likeness (QED) is 0.657. The second kappa shape index (κ2) is 3.73. The second-order valence-corrected chi connectivity index (χ2v) is 4.29. The minimum atomic E-state index is 0.159. The number of rotatable bonds is 2.